The second-order valence-electron chi connectivity index (χ2n) is 3.89. The molecule has 2 rings (SSSR count). The second kappa shape index (κ2) is 4.25. The van der Waals surface area contributed by atoms with Crippen molar-refractivity contribution in [1.29, 1.82) is 0 Å². The Hall–Kier alpha value is -1.36. The molecule has 0 radical (unpaired) electrons. The van der Waals surface area contributed by atoms with Crippen LogP contribution in [0, 0.1) is 0 Å². The number of carbonyl (C=O) groups excluding carboxylic acids is 1. The molecule has 1 aliphatic carbocycles. The molecule has 1 aromatic heterocycles. The first-order valence-corrected chi connectivity index (χ1v) is 5.44. The van der Waals surface area contributed by atoms with E-state index in [-0.39, 0.29) is 17.6 Å². The van der Waals surface area contributed by atoms with Gasteiger partial charge in [-0.2, -0.15) is 0 Å². The van der Waals surface area contributed by atoms with Crippen LogP contribution in [0.3, 0.4) is 0 Å². The van der Waals surface area contributed by atoms with Gasteiger partial charge < -0.3 is 9.47 Å². The highest BCUT2D eigenvalue weighted by atomic mass is 35.5. The molecule has 0 unspecified atom stereocenters. The number of amides is 1. The largest absolute Gasteiger partial charge is 0.341 e. The normalized spacial score (nSPS) is 14.9. The van der Waals surface area contributed by atoms with E-state index < -0.39 is 5.56 Å². The van der Waals surface area contributed by atoms with E-state index >= 15 is 0 Å². The van der Waals surface area contributed by atoms with Crippen LogP contribution in [0.25, 0.3) is 0 Å². The predicted octanol–water partition coefficient (Wildman–Crippen LogP) is 0.517. The third kappa shape index (κ3) is 2.24. The lowest BCUT2D eigenvalue weighted by Gasteiger charge is -2.16. The minimum atomic E-state index is -0.429. The van der Waals surface area contributed by atoms with Crippen molar-refractivity contribution in [1.82, 2.24) is 14.5 Å². The van der Waals surface area contributed by atoms with Gasteiger partial charge >= 0.3 is 0 Å². The smallest absolute Gasteiger partial charge is 0.288 e. The summed E-state index contributed by atoms with van der Waals surface area (Å²) in [4.78, 5) is 28.6. The summed E-state index contributed by atoms with van der Waals surface area (Å²) in [5.74, 6) is -0.0770. The molecule has 86 valence electrons. The Balaban J connectivity index is 2.11. The van der Waals surface area contributed by atoms with Gasteiger partial charge in [0.2, 0.25) is 5.91 Å². The highest BCUT2D eigenvalue weighted by Crippen LogP contribution is 2.25. The second-order valence-corrected chi connectivity index (χ2v) is 4.24. The fourth-order valence-corrected chi connectivity index (χ4v) is 1.63. The number of hydrogen-bond donors (Lipinski definition) is 0. The molecule has 0 bridgehead atoms. The predicted molar refractivity (Wildman–Crippen MR) is 59.3 cm³/mol. The van der Waals surface area contributed by atoms with Crippen molar-refractivity contribution in [2.45, 2.75) is 25.4 Å². The molecule has 0 aromatic carbocycles. The lowest BCUT2D eigenvalue weighted by molar-refractivity contribution is -0.131. The maximum atomic E-state index is 11.8. The lowest BCUT2D eigenvalue weighted by atomic mass is 10.4. The van der Waals surface area contributed by atoms with E-state index in [2.05, 4.69) is 4.98 Å². The van der Waals surface area contributed by atoms with Crippen molar-refractivity contribution >= 4 is 17.5 Å². The molecule has 1 aliphatic rings. The van der Waals surface area contributed by atoms with Crippen LogP contribution in [0.4, 0.5) is 0 Å². The highest BCUT2D eigenvalue weighted by Gasteiger charge is 2.29. The lowest BCUT2D eigenvalue weighted by Crippen LogP contribution is -2.35. The molecule has 1 heterocycles. The summed E-state index contributed by atoms with van der Waals surface area (Å²) < 4.78 is 1.27. The zero-order chi connectivity index (χ0) is 11.7. The zero-order valence-corrected chi connectivity index (χ0v) is 9.65. The van der Waals surface area contributed by atoms with Gasteiger partial charge in [-0.25, -0.2) is 4.98 Å². The molecule has 0 aliphatic heterocycles. The Morgan fingerprint density at radius 2 is 2.38 bits per heavy atom. The van der Waals surface area contributed by atoms with Crippen LogP contribution in [0.15, 0.2) is 17.2 Å². The maximum absolute atomic E-state index is 11.8. The Morgan fingerprint density at radius 1 is 1.69 bits per heavy atom. The third-order valence-electron chi connectivity index (χ3n) is 2.67. The number of aromatic nitrogens is 2. The molecule has 0 spiro atoms. The Bertz CT molecular complexity index is 467. The first-order chi connectivity index (χ1) is 7.59. The van der Waals surface area contributed by atoms with Crippen molar-refractivity contribution in [2.24, 2.45) is 0 Å². The molecule has 1 aromatic rings. The summed E-state index contributed by atoms with van der Waals surface area (Å²) >= 11 is 5.58. The highest BCUT2D eigenvalue weighted by molar-refractivity contribution is 6.29. The van der Waals surface area contributed by atoms with Crippen LogP contribution in [0.2, 0.25) is 5.15 Å². The van der Waals surface area contributed by atoms with E-state index in [0.717, 1.165) is 12.8 Å². The standard InChI is InChI=1S/C10H12ClN3O2/c1-13(7-2-3-7)8(15)6-14-5-4-12-9(11)10(14)16/h4-5,7H,2-3,6H2,1H3. The van der Waals surface area contributed by atoms with Crippen LogP contribution in [0.5, 0.6) is 0 Å². The van der Waals surface area contributed by atoms with Gasteiger partial charge in [-0.15, -0.1) is 0 Å². The molecule has 1 amide bonds. The van der Waals surface area contributed by atoms with Gasteiger partial charge in [-0.1, -0.05) is 11.6 Å². The van der Waals surface area contributed by atoms with E-state index in [1.54, 1.807) is 11.9 Å². The maximum Gasteiger partial charge on any atom is 0.288 e. The quantitative estimate of drug-likeness (QED) is 0.775. The summed E-state index contributed by atoms with van der Waals surface area (Å²) in [6.45, 7) is 0.0219. The molecular formula is C10H12ClN3O2. The molecule has 1 saturated carbocycles. The molecule has 0 N–H and O–H groups in total. The van der Waals surface area contributed by atoms with E-state index in [1.165, 1.54) is 17.0 Å². The fourth-order valence-electron chi connectivity index (χ4n) is 1.47. The first kappa shape index (κ1) is 11.1. The molecule has 5 nitrogen and oxygen atoms in total. The third-order valence-corrected chi connectivity index (χ3v) is 2.92. The fraction of sp³-hybridized carbons (Fsp3) is 0.500. The van der Waals surface area contributed by atoms with E-state index in [1.807, 2.05) is 0 Å². The van der Waals surface area contributed by atoms with Gasteiger partial charge in [0.1, 0.15) is 6.54 Å². The minimum Gasteiger partial charge on any atom is -0.341 e. The van der Waals surface area contributed by atoms with Gasteiger partial charge in [0.15, 0.2) is 5.15 Å². The van der Waals surface area contributed by atoms with E-state index in [9.17, 15) is 9.59 Å². The van der Waals surface area contributed by atoms with Crippen LogP contribution >= 0.6 is 11.6 Å². The van der Waals surface area contributed by atoms with Crippen molar-refractivity contribution < 1.29 is 4.79 Å². The minimum absolute atomic E-state index is 0.0219. The number of halogens is 1. The molecule has 0 atom stereocenters. The van der Waals surface area contributed by atoms with Crippen LogP contribution in [-0.2, 0) is 11.3 Å². The van der Waals surface area contributed by atoms with Gasteiger partial charge in [0, 0.05) is 25.5 Å². The van der Waals surface area contributed by atoms with Crippen molar-refractivity contribution in [3.63, 3.8) is 0 Å². The Labute approximate surface area is 97.7 Å². The Kier molecular flexibility index (Phi) is 2.96. The van der Waals surface area contributed by atoms with Crippen molar-refractivity contribution in [3.8, 4) is 0 Å². The topological polar surface area (TPSA) is 55.2 Å². The van der Waals surface area contributed by atoms with Gasteiger partial charge in [-0.3, -0.25) is 9.59 Å². The molecule has 16 heavy (non-hydrogen) atoms. The number of carbonyl (C=O) groups is 1. The molecule has 0 saturated heterocycles. The number of nitrogens with zero attached hydrogens (tertiary/aromatic N) is 3. The molecule has 6 heteroatoms. The number of hydrogen-bond acceptors (Lipinski definition) is 3. The molecule has 1 fully saturated rings. The van der Waals surface area contributed by atoms with E-state index in [0.29, 0.717) is 6.04 Å². The van der Waals surface area contributed by atoms with Crippen molar-refractivity contribution in [2.75, 3.05) is 7.05 Å². The monoisotopic (exact) mass is 241 g/mol. The van der Waals surface area contributed by atoms with Gasteiger partial charge in [-0.05, 0) is 12.8 Å². The van der Waals surface area contributed by atoms with Crippen LogP contribution in [0.1, 0.15) is 12.8 Å². The van der Waals surface area contributed by atoms with E-state index in [4.69, 9.17) is 11.6 Å². The first-order valence-electron chi connectivity index (χ1n) is 5.06. The SMILES string of the molecule is CN(C(=O)Cn1ccnc(Cl)c1=O)C1CC1. The number of rotatable bonds is 3. The summed E-state index contributed by atoms with van der Waals surface area (Å²) in [6.07, 6.45) is 4.98. The Morgan fingerprint density at radius 3 is 3.00 bits per heavy atom. The summed E-state index contributed by atoms with van der Waals surface area (Å²) in [7, 11) is 1.76. The summed E-state index contributed by atoms with van der Waals surface area (Å²) in [5.41, 5.74) is -0.429. The van der Waals surface area contributed by atoms with Crippen LogP contribution < -0.4 is 5.56 Å². The van der Waals surface area contributed by atoms with Crippen molar-refractivity contribution in [3.05, 3.63) is 27.9 Å². The van der Waals surface area contributed by atoms with Crippen LogP contribution in [-0.4, -0.2) is 33.4 Å². The zero-order valence-electron chi connectivity index (χ0n) is 8.89. The average Bonchev–Trinajstić information content (AvgIpc) is 3.07. The average molecular weight is 242 g/mol. The molecular weight excluding hydrogens is 230 g/mol. The summed E-state index contributed by atoms with van der Waals surface area (Å²) in [5, 5.41) is -0.107. The van der Waals surface area contributed by atoms with Gasteiger partial charge in [0.05, 0.1) is 0 Å². The number of likely N-dealkylation sites (N-methyl/N-ethyl adjacent to an activating group) is 1. The van der Waals surface area contributed by atoms with Gasteiger partial charge in [0.25, 0.3) is 5.56 Å². The summed E-state index contributed by atoms with van der Waals surface area (Å²) in [6, 6.07) is 0.348.